The Morgan fingerprint density at radius 2 is 2.00 bits per heavy atom. The van der Waals surface area contributed by atoms with Crippen LogP contribution in [0.15, 0.2) is 42.4 Å². The van der Waals surface area contributed by atoms with Crippen LogP contribution in [0.25, 0.3) is 0 Å². The molecule has 0 radical (unpaired) electrons. The normalized spacial score (nSPS) is 17.3. The van der Waals surface area contributed by atoms with E-state index >= 15 is 0 Å². The van der Waals surface area contributed by atoms with Crippen LogP contribution in [0.1, 0.15) is 10.4 Å². The molecule has 0 amide bonds. The fraction of sp³-hybridized carbons (Fsp3) is 0.167. The van der Waals surface area contributed by atoms with Crippen LogP contribution in [0.4, 0.5) is 0 Å². The summed E-state index contributed by atoms with van der Waals surface area (Å²) in [6.07, 6.45) is 0.0624. The molecule has 0 aliphatic carbocycles. The van der Waals surface area contributed by atoms with Gasteiger partial charge in [-0.1, -0.05) is 18.2 Å². The van der Waals surface area contributed by atoms with Crippen molar-refractivity contribution >= 4 is 11.9 Å². The molecule has 6 nitrogen and oxygen atoms in total. The minimum Gasteiger partial charge on any atom is -0.475 e. The second kappa shape index (κ2) is 5.22. The number of benzene rings is 1. The highest BCUT2D eigenvalue weighted by Crippen LogP contribution is 2.15. The van der Waals surface area contributed by atoms with E-state index in [0.29, 0.717) is 5.56 Å². The van der Waals surface area contributed by atoms with E-state index < -0.39 is 18.2 Å². The number of carboxylic acids is 1. The lowest BCUT2D eigenvalue weighted by atomic mass is 10.2. The van der Waals surface area contributed by atoms with E-state index in [1.807, 2.05) is 0 Å². The van der Waals surface area contributed by atoms with Gasteiger partial charge in [0.25, 0.3) is 6.29 Å². The molecule has 1 aromatic carbocycles. The summed E-state index contributed by atoms with van der Waals surface area (Å²) in [7, 11) is 0. The topological polar surface area (TPSA) is 82.1 Å². The van der Waals surface area contributed by atoms with Crippen LogP contribution in [-0.2, 0) is 19.0 Å². The first-order valence-corrected chi connectivity index (χ1v) is 5.14. The number of ether oxygens (including phenoxy) is 3. The molecule has 0 bridgehead atoms. The quantitative estimate of drug-likeness (QED) is 0.807. The highest BCUT2D eigenvalue weighted by atomic mass is 16.7. The summed E-state index contributed by atoms with van der Waals surface area (Å²) in [5.41, 5.74) is 0.405. The summed E-state index contributed by atoms with van der Waals surface area (Å²) in [5.74, 6) is -2.06. The first-order valence-electron chi connectivity index (χ1n) is 5.14. The maximum Gasteiger partial charge on any atom is 0.374 e. The minimum absolute atomic E-state index is 0.180. The maximum atomic E-state index is 11.6. The van der Waals surface area contributed by atoms with Gasteiger partial charge in [0.1, 0.15) is 6.26 Å². The van der Waals surface area contributed by atoms with Gasteiger partial charge < -0.3 is 19.3 Å². The summed E-state index contributed by atoms with van der Waals surface area (Å²) in [5, 5.41) is 8.61. The van der Waals surface area contributed by atoms with Gasteiger partial charge in [-0.25, -0.2) is 9.59 Å². The van der Waals surface area contributed by atoms with Crippen molar-refractivity contribution in [1.82, 2.24) is 0 Å². The Hall–Kier alpha value is -2.50. The number of hydrogen-bond donors (Lipinski definition) is 1. The molecule has 0 aromatic heterocycles. The van der Waals surface area contributed by atoms with Crippen molar-refractivity contribution in [2.75, 3.05) is 6.61 Å². The highest BCUT2D eigenvalue weighted by molar-refractivity contribution is 5.89. The van der Waals surface area contributed by atoms with Crippen LogP contribution in [-0.4, -0.2) is 29.9 Å². The fourth-order valence-corrected chi connectivity index (χ4v) is 1.31. The summed E-state index contributed by atoms with van der Waals surface area (Å²) < 4.78 is 14.7. The summed E-state index contributed by atoms with van der Waals surface area (Å²) >= 11 is 0. The Morgan fingerprint density at radius 3 is 2.61 bits per heavy atom. The van der Waals surface area contributed by atoms with Crippen molar-refractivity contribution in [2.45, 2.75) is 6.29 Å². The van der Waals surface area contributed by atoms with Crippen molar-refractivity contribution in [2.24, 2.45) is 0 Å². The molecule has 1 unspecified atom stereocenters. The zero-order valence-electron chi connectivity index (χ0n) is 9.24. The Balaban J connectivity index is 1.80. The van der Waals surface area contributed by atoms with Gasteiger partial charge >= 0.3 is 11.9 Å². The Kier molecular flexibility index (Phi) is 3.47. The number of carboxylic acid groups (broad SMARTS) is 1. The van der Waals surface area contributed by atoms with E-state index in [2.05, 4.69) is 0 Å². The van der Waals surface area contributed by atoms with Gasteiger partial charge in [-0.05, 0) is 12.1 Å². The van der Waals surface area contributed by atoms with Crippen molar-refractivity contribution in [1.29, 1.82) is 0 Å². The van der Waals surface area contributed by atoms with Gasteiger partial charge in [-0.15, -0.1) is 0 Å². The molecule has 1 aliphatic rings. The SMILES string of the molecule is O=C(O)C1=COC(COC(=O)c2ccccc2)O1. The standard InChI is InChI=1S/C12H10O6/c13-11(14)9-6-16-10(18-9)7-17-12(15)8-4-2-1-3-5-8/h1-6,10H,7H2,(H,13,14). The Labute approximate surface area is 102 Å². The zero-order valence-corrected chi connectivity index (χ0v) is 9.24. The third-order valence-corrected chi connectivity index (χ3v) is 2.16. The molecule has 0 spiro atoms. The van der Waals surface area contributed by atoms with E-state index in [-0.39, 0.29) is 12.4 Å². The molecule has 2 rings (SSSR count). The predicted molar refractivity (Wildman–Crippen MR) is 58.4 cm³/mol. The number of aliphatic carboxylic acids is 1. The molecule has 6 heteroatoms. The minimum atomic E-state index is -1.23. The van der Waals surface area contributed by atoms with Crippen LogP contribution in [0, 0.1) is 0 Å². The van der Waals surface area contributed by atoms with Gasteiger partial charge in [0, 0.05) is 0 Å². The van der Waals surface area contributed by atoms with Crippen LogP contribution in [0.2, 0.25) is 0 Å². The van der Waals surface area contributed by atoms with E-state index in [1.165, 1.54) is 0 Å². The lowest BCUT2D eigenvalue weighted by molar-refractivity contribution is -0.140. The van der Waals surface area contributed by atoms with Gasteiger partial charge in [-0.3, -0.25) is 0 Å². The molecule has 0 fully saturated rings. The molecule has 1 aromatic rings. The zero-order chi connectivity index (χ0) is 13.0. The number of hydrogen-bond acceptors (Lipinski definition) is 5. The van der Waals surface area contributed by atoms with E-state index in [4.69, 9.17) is 19.3 Å². The number of carbonyl (C=O) groups excluding carboxylic acids is 1. The molecule has 0 saturated carbocycles. The van der Waals surface area contributed by atoms with Crippen molar-refractivity contribution in [3.8, 4) is 0 Å². The number of rotatable bonds is 4. The second-order valence-electron chi connectivity index (χ2n) is 3.44. The molecular formula is C12H10O6. The van der Waals surface area contributed by atoms with Crippen LogP contribution in [0.3, 0.4) is 0 Å². The first kappa shape index (κ1) is 12.0. The molecule has 0 saturated heterocycles. The highest BCUT2D eigenvalue weighted by Gasteiger charge is 2.25. The van der Waals surface area contributed by atoms with E-state index in [1.54, 1.807) is 30.3 Å². The third kappa shape index (κ3) is 2.79. The maximum absolute atomic E-state index is 11.6. The van der Waals surface area contributed by atoms with Crippen LogP contribution >= 0.6 is 0 Å². The molecule has 94 valence electrons. The number of esters is 1. The summed E-state index contributed by atoms with van der Waals surface area (Å²) in [6.45, 7) is -0.180. The van der Waals surface area contributed by atoms with Crippen molar-refractivity contribution < 1.29 is 28.9 Å². The first-order chi connectivity index (χ1) is 8.66. The average molecular weight is 250 g/mol. The van der Waals surface area contributed by atoms with Crippen LogP contribution in [0.5, 0.6) is 0 Å². The predicted octanol–water partition coefficient (Wildman–Crippen LogP) is 1.14. The lowest BCUT2D eigenvalue weighted by Crippen LogP contribution is -2.20. The van der Waals surface area contributed by atoms with Gasteiger partial charge in [0.05, 0.1) is 5.56 Å². The van der Waals surface area contributed by atoms with Crippen molar-refractivity contribution in [3.63, 3.8) is 0 Å². The van der Waals surface area contributed by atoms with Gasteiger partial charge in [-0.2, -0.15) is 0 Å². The molecule has 18 heavy (non-hydrogen) atoms. The van der Waals surface area contributed by atoms with Gasteiger partial charge in [0.15, 0.2) is 6.61 Å². The lowest BCUT2D eigenvalue weighted by Gasteiger charge is -2.11. The molecule has 1 aliphatic heterocycles. The third-order valence-electron chi connectivity index (χ3n) is 2.16. The Bertz CT molecular complexity index is 479. The van der Waals surface area contributed by atoms with E-state index in [0.717, 1.165) is 6.26 Å². The second-order valence-corrected chi connectivity index (χ2v) is 3.44. The summed E-state index contributed by atoms with van der Waals surface area (Å²) in [6, 6.07) is 8.43. The molecule has 1 heterocycles. The van der Waals surface area contributed by atoms with Crippen LogP contribution < -0.4 is 0 Å². The summed E-state index contributed by atoms with van der Waals surface area (Å²) in [4.78, 5) is 22.1. The molecule has 1 atom stereocenters. The van der Waals surface area contributed by atoms with Crippen molar-refractivity contribution in [3.05, 3.63) is 47.9 Å². The Morgan fingerprint density at radius 1 is 1.28 bits per heavy atom. The fourth-order valence-electron chi connectivity index (χ4n) is 1.31. The monoisotopic (exact) mass is 250 g/mol. The van der Waals surface area contributed by atoms with Gasteiger partial charge in [0.2, 0.25) is 5.76 Å². The average Bonchev–Trinajstić information content (AvgIpc) is 2.86. The smallest absolute Gasteiger partial charge is 0.374 e. The van der Waals surface area contributed by atoms with E-state index in [9.17, 15) is 9.59 Å². The molecular weight excluding hydrogens is 240 g/mol. The number of carbonyl (C=O) groups is 2. The largest absolute Gasteiger partial charge is 0.475 e. The molecule has 1 N–H and O–H groups in total.